The number of barbiturate groups is 1. The normalized spacial score (nSPS) is 16.8. The largest absolute Gasteiger partial charge is 0.328 e. The first-order valence-electron chi connectivity index (χ1n) is 4.29. The predicted octanol–water partition coefficient (Wildman–Crippen LogP) is -0.228. The lowest BCUT2D eigenvalue weighted by atomic mass is 10.1. The van der Waals surface area contributed by atoms with E-state index in [2.05, 4.69) is 11.8 Å². The number of hydrogen-bond acceptors (Lipinski definition) is 3. The molecule has 2 N–H and O–H groups in total. The van der Waals surface area contributed by atoms with Crippen LogP contribution in [0.25, 0.3) is 0 Å². The van der Waals surface area contributed by atoms with Crippen LogP contribution in [0.2, 0.25) is 0 Å². The Kier molecular flexibility index (Phi) is 3.24. The van der Waals surface area contributed by atoms with Gasteiger partial charge in [-0.1, -0.05) is 12.8 Å². The first-order valence-corrected chi connectivity index (χ1v) is 4.29. The van der Waals surface area contributed by atoms with Crippen molar-refractivity contribution in [2.45, 2.75) is 19.8 Å². The van der Waals surface area contributed by atoms with Crippen LogP contribution in [0.5, 0.6) is 0 Å². The molecule has 5 heteroatoms. The number of rotatable bonds is 1. The fourth-order valence-corrected chi connectivity index (χ4v) is 0.949. The molecule has 0 unspecified atom stereocenters. The number of carbonyl (C=O) groups is 3. The highest BCUT2D eigenvalue weighted by atomic mass is 16.2. The Labute approximate surface area is 81.2 Å². The molecule has 0 bridgehead atoms. The molecule has 5 nitrogen and oxygen atoms in total. The highest BCUT2D eigenvalue weighted by Gasteiger charge is 2.32. The lowest BCUT2D eigenvalue weighted by Crippen LogP contribution is -2.55. The highest BCUT2D eigenvalue weighted by Crippen LogP contribution is 2.00. The molecule has 4 amide bonds. The van der Waals surface area contributed by atoms with Gasteiger partial charge in [-0.15, -0.1) is 5.92 Å². The van der Waals surface area contributed by atoms with Crippen LogP contribution in [0.4, 0.5) is 4.79 Å². The second-order valence-electron chi connectivity index (χ2n) is 2.81. The van der Waals surface area contributed by atoms with Crippen molar-refractivity contribution in [1.29, 1.82) is 0 Å². The van der Waals surface area contributed by atoms with Gasteiger partial charge in [-0.3, -0.25) is 20.2 Å². The van der Waals surface area contributed by atoms with E-state index in [4.69, 9.17) is 0 Å². The van der Waals surface area contributed by atoms with Crippen molar-refractivity contribution in [2.24, 2.45) is 5.92 Å². The van der Waals surface area contributed by atoms with Gasteiger partial charge in [0.15, 0.2) is 5.92 Å². The van der Waals surface area contributed by atoms with Crippen LogP contribution in [-0.4, -0.2) is 17.8 Å². The van der Waals surface area contributed by atoms with E-state index in [1.807, 2.05) is 17.6 Å². The fraction of sp³-hybridized carbons (Fsp3) is 0.444. The Bertz CT molecular complexity index is 318. The minimum absolute atomic E-state index is 0.630. The molecule has 1 rings (SSSR count). The van der Waals surface area contributed by atoms with Crippen LogP contribution in [0, 0.1) is 17.8 Å². The molecule has 0 aliphatic carbocycles. The lowest BCUT2D eigenvalue weighted by Gasteiger charge is -2.15. The number of hydrogen-bond donors (Lipinski definition) is 2. The minimum Gasteiger partial charge on any atom is -0.276 e. The lowest BCUT2D eigenvalue weighted by molar-refractivity contribution is -0.133. The second-order valence-corrected chi connectivity index (χ2v) is 2.81. The average Bonchev–Trinajstić information content (AvgIpc) is 2.09. The summed E-state index contributed by atoms with van der Waals surface area (Å²) >= 11 is 0. The second kappa shape index (κ2) is 4.42. The summed E-state index contributed by atoms with van der Waals surface area (Å²) < 4.78 is 0. The van der Waals surface area contributed by atoms with Crippen molar-refractivity contribution in [3.8, 4) is 11.8 Å². The third-order valence-electron chi connectivity index (χ3n) is 1.62. The van der Waals surface area contributed by atoms with E-state index in [-0.39, 0.29) is 0 Å². The molecule has 0 atom stereocenters. The maximum absolute atomic E-state index is 11.1. The van der Waals surface area contributed by atoms with Crippen molar-refractivity contribution >= 4 is 17.8 Å². The summed E-state index contributed by atoms with van der Waals surface area (Å²) in [6.07, 6.45) is 1.49. The van der Waals surface area contributed by atoms with Crippen LogP contribution >= 0.6 is 0 Å². The SMILES string of the molecule is CCCC#CC1C(=O)NC(=O)NC1=O. The topological polar surface area (TPSA) is 75.3 Å². The van der Waals surface area contributed by atoms with Crippen LogP contribution in [0.3, 0.4) is 0 Å². The Morgan fingerprint density at radius 1 is 1.21 bits per heavy atom. The van der Waals surface area contributed by atoms with Gasteiger partial charge in [0, 0.05) is 6.42 Å². The third-order valence-corrected chi connectivity index (χ3v) is 1.62. The molecule has 1 heterocycles. The molecule has 14 heavy (non-hydrogen) atoms. The number of carbonyl (C=O) groups excluding carboxylic acids is 3. The molecule has 0 spiro atoms. The van der Waals surface area contributed by atoms with Gasteiger partial charge in [0.2, 0.25) is 0 Å². The average molecular weight is 194 g/mol. The van der Waals surface area contributed by atoms with Crippen molar-refractivity contribution in [3.63, 3.8) is 0 Å². The van der Waals surface area contributed by atoms with Gasteiger partial charge in [-0.2, -0.15) is 0 Å². The van der Waals surface area contributed by atoms with E-state index in [1.54, 1.807) is 0 Å². The molecule has 0 saturated carbocycles. The summed E-state index contributed by atoms with van der Waals surface area (Å²) in [6, 6.07) is -0.784. The van der Waals surface area contributed by atoms with E-state index in [9.17, 15) is 14.4 Å². The Hall–Kier alpha value is -1.83. The molecule has 0 radical (unpaired) electrons. The van der Waals surface area contributed by atoms with Gasteiger partial charge in [-0.05, 0) is 6.42 Å². The summed E-state index contributed by atoms with van der Waals surface area (Å²) in [6.45, 7) is 1.94. The van der Waals surface area contributed by atoms with E-state index in [0.717, 1.165) is 6.42 Å². The van der Waals surface area contributed by atoms with Gasteiger partial charge in [0.25, 0.3) is 11.8 Å². The molecule has 1 fully saturated rings. The van der Waals surface area contributed by atoms with Crippen molar-refractivity contribution in [2.75, 3.05) is 0 Å². The monoisotopic (exact) mass is 194 g/mol. The minimum atomic E-state index is -1.06. The molecule has 1 aliphatic rings. The number of unbranched alkanes of at least 4 members (excludes halogenated alkanes) is 1. The fourth-order valence-electron chi connectivity index (χ4n) is 0.949. The van der Waals surface area contributed by atoms with Gasteiger partial charge < -0.3 is 0 Å². The summed E-state index contributed by atoms with van der Waals surface area (Å²) in [5.74, 6) is 2.86. The van der Waals surface area contributed by atoms with Gasteiger partial charge in [0.1, 0.15) is 0 Å². The van der Waals surface area contributed by atoms with E-state index in [1.165, 1.54) is 0 Å². The van der Waals surface area contributed by atoms with E-state index < -0.39 is 23.8 Å². The Balaban J connectivity index is 2.69. The maximum Gasteiger partial charge on any atom is 0.328 e. The van der Waals surface area contributed by atoms with Crippen LogP contribution in [-0.2, 0) is 9.59 Å². The first-order chi connectivity index (χ1) is 6.65. The molecule has 1 aliphatic heterocycles. The number of imide groups is 2. The molecule has 0 aromatic heterocycles. The van der Waals surface area contributed by atoms with Crippen LogP contribution in [0.1, 0.15) is 19.8 Å². The smallest absolute Gasteiger partial charge is 0.276 e. The first kappa shape index (κ1) is 10.3. The molecule has 1 saturated heterocycles. The van der Waals surface area contributed by atoms with Crippen LogP contribution in [0.15, 0.2) is 0 Å². The third kappa shape index (κ3) is 2.33. The number of nitrogens with one attached hydrogen (secondary N) is 2. The predicted molar refractivity (Wildman–Crippen MR) is 47.9 cm³/mol. The zero-order valence-corrected chi connectivity index (χ0v) is 7.72. The quantitative estimate of drug-likeness (QED) is 0.447. The zero-order chi connectivity index (χ0) is 10.6. The molecule has 74 valence electrons. The number of amides is 4. The number of urea groups is 1. The molecular formula is C9H10N2O3. The van der Waals surface area contributed by atoms with Crippen molar-refractivity contribution in [1.82, 2.24) is 10.6 Å². The van der Waals surface area contributed by atoms with Crippen molar-refractivity contribution in [3.05, 3.63) is 0 Å². The molecule has 0 aromatic rings. The maximum atomic E-state index is 11.1. The van der Waals surface area contributed by atoms with Gasteiger partial charge >= 0.3 is 6.03 Å². The van der Waals surface area contributed by atoms with E-state index >= 15 is 0 Å². The summed E-state index contributed by atoms with van der Waals surface area (Å²) in [5, 5.41) is 3.95. The zero-order valence-electron chi connectivity index (χ0n) is 7.72. The van der Waals surface area contributed by atoms with Gasteiger partial charge in [-0.25, -0.2) is 4.79 Å². The molecule has 0 aromatic carbocycles. The van der Waals surface area contributed by atoms with Gasteiger partial charge in [0.05, 0.1) is 0 Å². The highest BCUT2D eigenvalue weighted by molar-refractivity contribution is 6.17. The summed E-state index contributed by atoms with van der Waals surface area (Å²) in [7, 11) is 0. The standard InChI is InChI=1S/C9H10N2O3/c1-2-3-4-5-6-7(12)10-9(14)11-8(6)13/h6H,2-3H2,1H3,(H2,10,11,12,13,14). The van der Waals surface area contributed by atoms with E-state index in [0.29, 0.717) is 6.42 Å². The summed E-state index contributed by atoms with van der Waals surface area (Å²) in [5.41, 5.74) is 0. The Morgan fingerprint density at radius 3 is 2.29 bits per heavy atom. The van der Waals surface area contributed by atoms with Crippen LogP contribution < -0.4 is 10.6 Å². The van der Waals surface area contributed by atoms with Crippen molar-refractivity contribution < 1.29 is 14.4 Å². The summed E-state index contributed by atoms with van der Waals surface area (Å²) in [4.78, 5) is 32.9. The molecular weight excluding hydrogens is 184 g/mol. The Morgan fingerprint density at radius 2 is 1.79 bits per heavy atom.